The maximum Gasteiger partial charge on any atom is 0.234 e. The van der Waals surface area contributed by atoms with Gasteiger partial charge >= 0.3 is 0 Å². The van der Waals surface area contributed by atoms with Gasteiger partial charge in [-0.15, -0.1) is 0 Å². The molecule has 27 heavy (non-hydrogen) atoms. The van der Waals surface area contributed by atoms with Crippen LogP contribution in [0.15, 0.2) is 67.1 Å². The fourth-order valence-electron chi connectivity index (χ4n) is 3.30. The zero-order valence-corrected chi connectivity index (χ0v) is 15.3. The van der Waals surface area contributed by atoms with Gasteiger partial charge < -0.3 is 10.4 Å². The van der Waals surface area contributed by atoms with Crippen LogP contribution >= 0.6 is 0 Å². The minimum absolute atomic E-state index is 0. The molecule has 4 aromatic rings. The summed E-state index contributed by atoms with van der Waals surface area (Å²) in [4.78, 5) is 9.17. The highest BCUT2D eigenvalue weighted by Gasteiger charge is 2.11. The first-order valence-electron chi connectivity index (χ1n) is 9.07. The molecular weight excluding hydrogens is 336 g/mol. The zero-order chi connectivity index (χ0) is 18.6. The molecule has 4 rings (SSSR count). The molecule has 0 saturated carbocycles. The summed E-state index contributed by atoms with van der Waals surface area (Å²) in [7, 11) is 0. The Morgan fingerprint density at radius 2 is 1.85 bits per heavy atom. The molecule has 0 bridgehead atoms. The van der Waals surface area contributed by atoms with Crippen LogP contribution in [0.5, 0.6) is 0 Å². The van der Waals surface area contributed by atoms with Gasteiger partial charge in [-0.3, -0.25) is 4.40 Å². The molecule has 5 nitrogen and oxygen atoms in total. The molecule has 0 atom stereocenters. The molecule has 0 fully saturated rings. The monoisotopic (exact) mass is 360 g/mol. The van der Waals surface area contributed by atoms with Crippen molar-refractivity contribution in [3.8, 4) is 22.4 Å². The lowest BCUT2D eigenvalue weighted by Crippen LogP contribution is -2.17. The second kappa shape index (κ2) is 7.70. The molecule has 0 saturated heterocycles. The Bertz CT molecular complexity index is 1060. The third kappa shape index (κ3) is 3.60. The van der Waals surface area contributed by atoms with Crippen LogP contribution in [0.2, 0.25) is 0 Å². The fraction of sp³-hybridized carbons (Fsp3) is 0.182. The van der Waals surface area contributed by atoms with Crippen LogP contribution in [0, 0.1) is 6.92 Å². The quantitative estimate of drug-likeness (QED) is 0.515. The number of hydrogen-bond acceptors (Lipinski definition) is 4. The van der Waals surface area contributed by atoms with Gasteiger partial charge in [0.15, 0.2) is 0 Å². The minimum Gasteiger partial charge on any atom is -0.395 e. The number of rotatable bonds is 6. The van der Waals surface area contributed by atoms with Gasteiger partial charge in [-0.05, 0) is 23.6 Å². The Morgan fingerprint density at radius 3 is 2.67 bits per heavy atom. The largest absolute Gasteiger partial charge is 0.395 e. The topological polar surface area (TPSA) is 62.5 Å². The van der Waals surface area contributed by atoms with Gasteiger partial charge in [0.2, 0.25) is 5.78 Å². The first kappa shape index (κ1) is 17.4. The van der Waals surface area contributed by atoms with E-state index in [1.54, 1.807) is 0 Å². The molecule has 0 aliphatic rings. The van der Waals surface area contributed by atoms with Gasteiger partial charge in [0.05, 0.1) is 12.3 Å². The summed E-state index contributed by atoms with van der Waals surface area (Å²) in [5.41, 5.74) is 6.70. The molecule has 2 aromatic carbocycles. The molecule has 0 amide bonds. The predicted molar refractivity (Wildman–Crippen MR) is 110 cm³/mol. The van der Waals surface area contributed by atoms with Gasteiger partial charge in [0, 0.05) is 44.2 Å². The van der Waals surface area contributed by atoms with E-state index in [0.29, 0.717) is 18.9 Å². The third-order valence-corrected chi connectivity index (χ3v) is 4.68. The van der Waals surface area contributed by atoms with Crippen molar-refractivity contribution in [1.82, 2.24) is 19.7 Å². The molecule has 2 heterocycles. The van der Waals surface area contributed by atoms with Crippen LogP contribution < -0.4 is 5.32 Å². The average molecular weight is 360 g/mol. The summed E-state index contributed by atoms with van der Waals surface area (Å²) in [5, 5.41) is 12.0. The van der Waals surface area contributed by atoms with Gasteiger partial charge in [-0.2, -0.15) is 0 Å². The van der Waals surface area contributed by atoms with E-state index < -0.39 is 0 Å². The smallest absolute Gasteiger partial charge is 0.234 e. The summed E-state index contributed by atoms with van der Waals surface area (Å²) >= 11 is 0. The Hall–Kier alpha value is -3.02. The van der Waals surface area contributed by atoms with Crippen LogP contribution in [0.25, 0.3) is 28.2 Å². The van der Waals surface area contributed by atoms with Crippen LogP contribution in [-0.4, -0.2) is 32.6 Å². The van der Waals surface area contributed by atoms with Crippen LogP contribution in [0.1, 0.15) is 12.6 Å². The number of fused-ring (bicyclic) bond motifs is 1. The molecule has 0 unspecified atom stereocenters. The molecular formula is C22H24N4O. The lowest BCUT2D eigenvalue weighted by atomic mass is 9.95. The highest BCUT2D eigenvalue weighted by molar-refractivity contribution is 5.77. The summed E-state index contributed by atoms with van der Waals surface area (Å²) < 4.78 is 1.96. The predicted octanol–water partition coefficient (Wildman–Crippen LogP) is 3.70. The number of imidazole rings is 1. The Balaban J connectivity index is 0.00000225. The first-order valence-corrected chi connectivity index (χ1v) is 9.07. The van der Waals surface area contributed by atoms with E-state index in [0.717, 1.165) is 16.8 Å². The van der Waals surface area contributed by atoms with Crippen molar-refractivity contribution < 1.29 is 6.53 Å². The lowest BCUT2D eigenvalue weighted by molar-refractivity contribution is 0.292. The van der Waals surface area contributed by atoms with Gasteiger partial charge in [-0.25, -0.2) is 9.97 Å². The number of nitrogens with one attached hydrogen (secondary N) is 1. The highest BCUT2D eigenvalue weighted by atomic mass is 16.3. The molecule has 2 N–H and O–H groups in total. The standard InChI is InChI=1S/C22H22N4O.H2/c1-16-19(18-6-3-2-4-7-18)8-5-9-20(16)21-15-26-14-17(12-23-10-11-27)13-24-22(26)25-21;/h2-9,13-15,23,27H,10-12H2,1H3;1H. The number of aliphatic hydroxyl groups is 1. The second-order valence-electron chi connectivity index (χ2n) is 6.54. The van der Waals surface area contributed by atoms with E-state index >= 15 is 0 Å². The van der Waals surface area contributed by atoms with Crippen molar-refractivity contribution in [3.05, 3.63) is 78.2 Å². The number of benzene rings is 2. The lowest BCUT2D eigenvalue weighted by Gasteiger charge is -2.10. The van der Waals surface area contributed by atoms with Crippen molar-refractivity contribution >= 4 is 5.78 Å². The molecule has 2 aromatic heterocycles. The van der Waals surface area contributed by atoms with E-state index in [9.17, 15) is 0 Å². The minimum atomic E-state index is 0. The van der Waals surface area contributed by atoms with Crippen LogP contribution in [0.4, 0.5) is 0 Å². The summed E-state index contributed by atoms with van der Waals surface area (Å²) in [6.07, 6.45) is 5.87. The fourth-order valence-corrected chi connectivity index (χ4v) is 3.30. The van der Waals surface area contributed by atoms with E-state index in [1.807, 2.05) is 29.1 Å². The SMILES string of the molecule is Cc1c(-c2ccccc2)cccc1-c1cn2cc(CNCCO)cnc2n1.[HH]. The molecule has 5 heteroatoms. The van der Waals surface area contributed by atoms with E-state index in [-0.39, 0.29) is 8.03 Å². The Kier molecular flexibility index (Phi) is 4.96. The van der Waals surface area contributed by atoms with Crippen LogP contribution in [0.3, 0.4) is 0 Å². The summed E-state index contributed by atoms with van der Waals surface area (Å²) in [6, 6.07) is 16.7. The Morgan fingerprint density at radius 1 is 1.04 bits per heavy atom. The molecule has 138 valence electrons. The van der Waals surface area contributed by atoms with Crippen molar-refractivity contribution in [2.75, 3.05) is 13.2 Å². The van der Waals surface area contributed by atoms with E-state index in [4.69, 9.17) is 10.1 Å². The van der Waals surface area contributed by atoms with Gasteiger partial charge in [0.1, 0.15) is 0 Å². The maximum absolute atomic E-state index is 8.88. The number of nitrogens with zero attached hydrogens (tertiary/aromatic N) is 3. The third-order valence-electron chi connectivity index (χ3n) is 4.68. The second-order valence-corrected chi connectivity index (χ2v) is 6.54. The molecule has 0 spiro atoms. The normalized spacial score (nSPS) is 11.2. The summed E-state index contributed by atoms with van der Waals surface area (Å²) in [6.45, 7) is 3.50. The average Bonchev–Trinajstić information content (AvgIpc) is 3.12. The molecule has 0 radical (unpaired) electrons. The van der Waals surface area contributed by atoms with E-state index in [2.05, 4.69) is 59.7 Å². The van der Waals surface area contributed by atoms with Gasteiger partial charge in [0.25, 0.3) is 0 Å². The highest BCUT2D eigenvalue weighted by Crippen LogP contribution is 2.31. The van der Waals surface area contributed by atoms with E-state index in [1.165, 1.54) is 16.7 Å². The van der Waals surface area contributed by atoms with Crippen molar-refractivity contribution in [2.24, 2.45) is 0 Å². The molecule has 0 aliphatic heterocycles. The summed E-state index contributed by atoms with van der Waals surface area (Å²) in [5.74, 6) is 0.681. The number of aliphatic hydroxyl groups excluding tert-OH is 1. The van der Waals surface area contributed by atoms with Crippen molar-refractivity contribution in [2.45, 2.75) is 13.5 Å². The Labute approximate surface area is 159 Å². The number of aromatic nitrogens is 3. The van der Waals surface area contributed by atoms with Crippen molar-refractivity contribution in [3.63, 3.8) is 0 Å². The van der Waals surface area contributed by atoms with Crippen molar-refractivity contribution in [1.29, 1.82) is 0 Å². The molecule has 0 aliphatic carbocycles. The number of hydrogen-bond donors (Lipinski definition) is 2. The van der Waals surface area contributed by atoms with Gasteiger partial charge in [-0.1, -0.05) is 48.5 Å². The van der Waals surface area contributed by atoms with Crippen LogP contribution in [-0.2, 0) is 6.54 Å². The maximum atomic E-state index is 8.88. The first-order chi connectivity index (χ1) is 13.3. The zero-order valence-electron chi connectivity index (χ0n) is 15.3.